The molecule has 1 amide bonds. The lowest BCUT2D eigenvalue weighted by atomic mass is 10.1. The van der Waals surface area contributed by atoms with Crippen molar-refractivity contribution in [1.29, 1.82) is 0 Å². The number of hydrogen-bond acceptors (Lipinski definition) is 3. The van der Waals surface area contributed by atoms with E-state index < -0.39 is 12.7 Å². The zero-order valence-electron chi connectivity index (χ0n) is 14.1. The molecule has 2 heterocycles. The van der Waals surface area contributed by atoms with Gasteiger partial charge in [-0.3, -0.25) is 9.69 Å². The van der Waals surface area contributed by atoms with Crippen LogP contribution >= 0.6 is 11.3 Å². The third-order valence-corrected chi connectivity index (χ3v) is 5.30. The molecule has 1 aromatic carbocycles. The molecular formula is C18H18F4N2OS. The van der Waals surface area contributed by atoms with Gasteiger partial charge < -0.3 is 4.90 Å². The number of rotatable bonds is 3. The van der Waals surface area contributed by atoms with Crippen molar-refractivity contribution >= 4 is 17.2 Å². The quantitative estimate of drug-likeness (QED) is 0.739. The molecule has 0 aliphatic carbocycles. The summed E-state index contributed by atoms with van der Waals surface area (Å²) in [7, 11) is 0. The summed E-state index contributed by atoms with van der Waals surface area (Å²) in [4.78, 5) is 16.0. The average molecular weight is 386 g/mol. The lowest BCUT2D eigenvalue weighted by Gasteiger charge is -2.34. The summed E-state index contributed by atoms with van der Waals surface area (Å²) in [6, 6.07) is 6.62. The van der Waals surface area contributed by atoms with Crippen LogP contribution in [0.5, 0.6) is 0 Å². The van der Waals surface area contributed by atoms with Gasteiger partial charge in [-0.15, -0.1) is 11.3 Å². The van der Waals surface area contributed by atoms with Gasteiger partial charge in [-0.1, -0.05) is 12.1 Å². The van der Waals surface area contributed by atoms with Gasteiger partial charge in [0.2, 0.25) is 0 Å². The summed E-state index contributed by atoms with van der Waals surface area (Å²) in [5.74, 6) is -0.497. The van der Waals surface area contributed by atoms with Crippen molar-refractivity contribution in [3.8, 4) is 11.1 Å². The van der Waals surface area contributed by atoms with Crippen LogP contribution < -0.4 is 0 Å². The van der Waals surface area contributed by atoms with Crippen molar-refractivity contribution in [3.05, 3.63) is 45.9 Å². The average Bonchev–Trinajstić information content (AvgIpc) is 3.06. The molecule has 0 saturated carbocycles. The molecule has 3 rings (SSSR count). The number of hydrogen-bond donors (Lipinski definition) is 0. The van der Waals surface area contributed by atoms with Gasteiger partial charge in [-0.25, -0.2) is 4.39 Å². The van der Waals surface area contributed by atoms with Crippen LogP contribution in [0.2, 0.25) is 0 Å². The molecule has 3 nitrogen and oxygen atoms in total. The van der Waals surface area contributed by atoms with Gasteiger partial charge in [-0.05, 0) is 41.1 Å². The molecule has 8 heteroatoms. The number of thiophene rings is 1. The second-order valence-corrected chi connectivity index (χ2v) is 7.26. The Bertz CT molecular complexity index is 795. The lowest BCUT2D eigenvalue weighted by molar-refractivity contribution is -0.148. The molecule has 1 aliphatic rings. The molecule has 2 aromatic rings. The zero-order chi connectivity index (χ0) is 18.9. The Labute approximate surface area is 152 Å². The van der Waals surface area contributed by atoms with Crippen LogP contribution in [-0.4, -0.2) is 54.6 Å². The van der Waals surface area contributed by atoms with E-state index in [0.717, 1.165) is 5.56 Å². The summed E-state index contributed by atoms with van der Waals surface area (Å²) >= 11 is 1.26. The fraction of sp³-hybridized carbons (Fsp3) is 0.389. The van der Waals surface area contributed by atoms with Gasteiger partial charge >= 0.3 is 6.18 Å². The van der Waals surface area contributed by atoms with Crippen molar-refractivity contribution in [2.45, 2.75) is 13.1 Å². The highest BCUT2D eigenvalue weighted by atomic mass is 32.1. The third kappa shape index (κ3) is 4.42. The largest absolute Gasteiger partial charge is 0.401 e. The maximum atomic E-state index is 13.7. The number of halogens is 4. The van der Waals surface area contributed by atoms with E-state index in [0.29, 0.717) is 16.0 Å². The van der Waals surface area contributed by atoms with Crippen LogP contribution in [-0.2, 0) is 0 Å². The summed E-state index contributed by atoms with van der Waals surface area (Å²) in [5, 5.41) is 1.79. The topological polar surface area (TPSA) is 23.6 Å². The van der Waals surface area contributed by atoms with Gasteiger partial charge in [0, 0.05) is 26.2 Å². The first-order valence-electron chi connectivity index (χ1n) is 8.16. The molecule has 0 N–H and O–H groups in total. The predicted octanol–water partition coefficient (Wildman–Crippen LogP) is 4.18. The van der Waals surface area contributed by atoms with Gasteiger partial charge in [0.05, 0.1) is 11.4 Å². The van der Waals surface area contributed by atoms with Gasteiger partial charge in [0.1, 0.15) is 5.82 Å². The maximum absolute atomic E-state index is 13.7. The smallest absolute Gasteiger partial charge is 0.335 e. The minimum Gasteiger partial charge on any atom is -0.335 e. The van der Waals surface area contributed by atoms with Crippen LogP contribution in [0.15, 0.2) is 29.6 Å². The minimum atomic E-state index is -4.22. The number of benzene rings is 1. The van der Waals surface area contributed by atoms with E-state index >= 15 is 0 Å². The normalized spacial score (nSPS) is 16.1. The Kier molecular flexibility index (Phi) is 5.34. The Balaban J connectivity index is 1.64. The lowest BCUT2D eigenvalue weighted by Crippen LogP contribution is -2.50. The number of aryl methyl sites for hydroxylation is 1. The molecular weight excluding hydrogens is 368 g/mol. The van der Waals surface area contributed by atoms with E-state index in [1.54, 1.807) is 35.4 Å². The number of alkyl halides is 3. The SMILES string of the molecule is Cc1ccc(-c2csc(C(=O)N3CCN(CC(F)(F)F)CC3)c2)cc1F. The second-order valence-electron chi connectivity index (χ2n) is 6.35. The Morgan fingerprint density at radius 1 is 1.12 bits per heavy atom. The summed E-state index contributed by atoms with van der Waals surface area (Å²) in [5.41, 5.74) is 2.00. The van der Waals surface area contributed by atoms with E-state index in [2.05, 4.69) is 0 Å². The van der Waals surface area contributed by atoms with E-state index in [1.807, 2.05) is 0 Å². The molecule has 1 aliphatic heterocycles. The molecule has 26 heavy (non-hydrogen) atoms. The van der Waals surface area contributed by atoms with Gasteiger partial charge in [0.15, 0.2) is 0 Å². The highest BCUT2D eigenvalue weighted by Gasteiger charge is 2.33. The van der Waals surface area contributed by atoms with Crippen LogP contribution in [0.25, 0.3) is 11.1 Å². The number of nitrogens with zero attached hydrogens (tertiary/aromatic N) is 2. The van der Waals surface area contributed by atoms with Crippen molar-refractivity contribution in [2.24, 2.45) is 0 Å². The minimum absolute atomic E-state index is 0.194. The zero-order valence-corrected chi connectivity index (χ0v) is 15.0. The van der Waals surface area contributed by atoms with Crippen molar-refractivity contribution in [2.75, 3.05) is 32.7 Å². The number of carbonyl (C=O) groups excluding carboxylic acids is 1. The van der Waals surface area contributed by atoms with E-state index in [4.69, 9.17) is 0 Å². The molecule has 1 aromatic heterocycles. The molecule has 0 spiro atoms. The highest BCUT2D eigenvalue weighted by Crippen LogP contribution is 2.28. The van der Waals surface area contributed by atoms with Crippen LogP contribution in [0.3, 0.4) is 0 Å². The molecule has 0 unspecified atom stereocenters. The second kappa shape index (κ2) is 7.36. The van der Waals surface area contributed by atoms with E-state index in [1.165, 1.54) is 22.3 Å². The monoisotopic (exact) mass is 386 g/mol. The van der Waals surface area contributed by atoms with Crippen molar-refractivity contribution < 1.29 is 22.4 Å². The Hall–Kier alpha value is -1.93. The molecule has 0 atom stereocenters. The predicted molar refractivity (Wildman–Crippen MR) is 92.8 cm³/mol. The number of piperazine rings is 1. The van der Waals surface area contributed by atoms with E-state index in [9.17, 15) is 22.4 Å². The number of amides is 1. The first-order chi connectivity index (χ1) is 12.2. The van der Waals surface area contributed by atoms with Crippen LogP contribution in [0.1, 0.15) is 15.2 Å². The van der Waals surface area contributed by atoms with Crippen LogP contribution in [0, 0.1) is 12.7 Å². The molecule has 0 bridgehead atoms. The van der Waals surface area contributed by atoms with Gasteiger partial charge in [-0.2, -0.15) is 13.2 Å². The first kappa shape index (κ1) is 18.8. The molecule has 1 fully saturated rings. The summed E-state index contributed by atoms with van der Waals surface area (Å²) < 4.78 is 51.0. The maximum Gasteiger partial charge on any atom is 0.401 e. The van der Waals surface area contributed by atoms with Gasteiger partial charge in [0.25, 0.3) is 5.91 Å². The molecule has 1 saturated heterocycles. The first-order valence-corrected chi connectivity index (χ1v) is 9.04. The molecule has 140 valence electrons. The fourth-order valence-electron chi connectivity index (χ4n) is 2.89. The third-order valence-electron chi connectivity index (χ3n) is 4.38. The summed E-state index contributed by atoms with van der Waals surface area (Å²) in [6.45, 7) is 1.67. The Morgan fingerprint density at radius 3 is 2.42 bits per heavy atom. The summed E-state index contributed by atoms with van der Waals surface area (Å²) in [6.07, 6.45) is -4.22. The standard InChI is InChI=1S/C18H18F4N2OS/c1-12-2-3-13(8-15(12)19)14-9-16(26-10-14)17(25)24-6-4-23(5-7-24)11-18(20,21)22/h2-3,8-10H,4-7,11H2,1H3. The molecule has 0 radical (unpaired) electrons. The fourth-order valence-corrected chi connectivity index (χ4v) is 3.77. The van der Waals surface area contributed by atoms with Crippen molar-refractivity contribution in [1.82, 2.24) is 9.80 Å². The number of carbonyl (C=O) groups is 1. The van der Waals surface area contributed by atoms with E-state index in [-0.39, 0.29) is 37.9 Å². The van der Waals surface area contributed by atoms with Crippen molar-refractivity contribution in [3.63, 3.8) is 0 Å². The van der Waals surface area contributed by atoms with Crippen LogP contribution in [0.4, 0.5) is 17.6 Å². The Morgan fingerprint density at radius 2 is 1.81 bits per heavy atom. The highest BCUT2D eigenvalue weighted by molar-refractivity contribution is 7.12.